The molecule has 3 N–H and O–H groups in total. The van der Waals surface area contributed by atoms with Gasteiger partial charge < -0.3 is 20.9 Å². The fraction of sp³-hybridized carbons (Fsp3) is 0.600. The van der Waals surface area contributed by atoms with E-state index in [1.54, 1.807) is 31.1 Å². The predicted octanol–water partition coefficient (Wildman–Crippen LogP) is 2.50. The van der Waals surface area contributed by atoms with Gasteiger partial charge in [-0.2, -0.15) is 0 Å². The molecule has 6 nitrogen and oxygen atoms in total. The van der Waals surface area contributed by atoms with Crippen LogP contribution in [0.1, 0.15) is 56.5 Å². The molecule has 1 saturated heterocycles. The zero-order chi connectivity index (χ0) is 19.5. The van der Waals surface area contributed by atoms with Crippen LogP contribution in [0.15, 0.2) is 24.3 Å². The van der Waals surface area contributed by atoms with Crippen LogP contribution in [0.3, 0.4) is 0 Å². The maximum atomic E-state index is 12.3. The van der Waals surface area contributed by atoms with Crippen molar-refractivity contribution in [3.05, 3.63) is 35.4 Å². The lowest BCUT2D eigenvalue weighted by Crippen LogP contribution is -2.62. The van der Waals surface area contributed by atoms with Gasteiger partial charge in [0, 0.05) is 43.3 Å². The number of nitrogens with zero attached hydrogens (tertiary/aromatic N) is 1. The minimum Gasteiger partial charge on any atom is -0.345 e. The first-order valence-electron chi connectivity index (χ1n) is 9.12. The molecule has 1 aliphatic heterocycles. The Morgan fingerprint density at radius 3 is 2.12 bits per heavy atom. The van der Waals surface area contributed by atoms with Crippen LogP contribution in [0.4, 0.5) is 4.79 Å². The molecule has 0 radical (unpaired) electrons. The summed E-state index contributed by atoms with van der Waals surface area (Å²) in [4.78, 5) is 25.7. The van der Waals surface area contributed by atoms with Gasteiger partial charge in [-0.3, -0.25) is 4.79 Å². The normalized spacial score (nSPS) is 18.8. The molecule has 2 rings (SSSR count). The number of urea groups is 1. The van der Waals surface area contributed by atoms with Gasteiger partial charge in [-0.15, -0.1) is 0 Å². The molecule has 26 heavy (non-hydrogen) atoms. The third-order valence-corrected chi connectivity index (χ3v) is 4.59. The molecule has 144 valence electrons. The van der Waals surface area contributed by atoms with E-state index < -0.39 is 0 Å². The molecule has 0 atom stereocenters. The van der Waals surface area contributed by atoms with Crippen molar-refractivity contribution in [2.24, 2.45) is 0 Å². The van der Waals surface area contributed by atoms with Crippen molar-refractivity contribution < 1.29 is 9.59 Å². The van der Waals surface area contributed by atoms with Gasteiger partial charge in [-0.05, 0) is 58.2 Å². The van der Waals surface area contributed by atoms with Gasteiger partial charge in [0.1, 0.15) is 0 Å². The van der Waals surface area contributed by atoms with Crippen molar-refractivity contribution in [2.75, 3.05) is 14.1 Å². The van der Waals surface area contributed by atoms with Crippen LogP contribution in [-0.4, -0.2) is 48.1 Å². The van der Waals surface area contributed by atoms with Crippen LogP contribution in [0.2, 0.25) is 0 Å². The Morgan fingerprint density at radius 1 is 1.08 bits per heavy atom. The van der Waals surface area contributed by atoms with Crippen molar-refractivity contribution in [1.82, 2.24) is 20.9 Å². The first-order valence-corrected chi connectivity index (χ1v) is 9.12. The second-order valence-electron chi connectivity index (χ2n) is 8.72. The molecular formula is C20H32N4O2. The lowest BCUT2D eigenvalue weighted by Gasteiger charge is -2.46. The molecule has 1 aliphatic rings. The Hall–Kier alpha value is -2.08. The van der Waals surface area contributed by atoms with Crippen LogP contribution in [-0.2, 0) is 6.54 Å². The molecule has 1 aromatic carbocycles. The summed E-state index contributed by atoms with van der Waals surface area (Å²) in [6.07, 6.45) is 1.79. The number of amides is 3. The number of nitrogens with one attached hydrogen (secondary N) is 3. The highest BCUT2D eigenvalue weighted by atomic mass is 16.2. The summed E-state index contributed by atoms with van der Waals surface area (Å²) in [6, 6.07) is 7.30. The highest BCUT2D eigenvalue weighted by Gasteiger charge is 2.38. The third-order valence-electron chi connectivity index (χ3n) is 4.59. The maximum absolute atomic E-state index is 12.3. The van der Waals surface area contributed by atoms with E-state index in [1.807, 2.05) is 12.1 Å². The molecule has 0 aromatic heterocycles. The Kier molecular flexibility index (Phi) is 5.96. The maximum Gasteiger partial charge on any atom is 0.315 e. The van der Waals surface area contributed by atoms with Crippen molar-refractivity contribution in [3.63, 3.8) is 0 Å². The molecule has 1 heterocycles. The quantitative estimate of drug-likeness (QED) is 0.772. The van der Waals surface area contributed by atoms with Crippen molar-refractivity contribution in [2.45, 2.75) is 64.2 Å². The Balaban J connectivity index is 1.86. The number of carbonyl (C=O) groups is 2. The van der Waals surface area contributed by atoms with E-state index in [0.29, 0.717) is 12.1 Å². The Labute approximate surface area is 156 Å². The van der Waals surface area contributed by atoms with E-state index in [2.05, 4.69) is 43.6 Å². The predicted molar refractivity (Wildman–Crippen MR) is 104 cm³/mol. The summed E-state index contributed by atoms with van der Waals surface area (Å²) < 4.78 is 0. The molecule has 0 saturated carbocycles. The van der Waals surface area contributed by atoms with E-state index in [4.69, 9.17) is 0 Å². The summed E-state index contributed by atoms with van der Waals surface area (Å²) in [7, 11) is 3.46. The first kappa shape index (κ1) is 20.2. The second kappa shape index (κ2) is 7.66. The largest absolute Gasteiger partial charge is 0.345 e. The Bertz CT molecular complexity index is 634. The Morgan fingerprint density at radius 2 is 1.62 bits per heavy atom. The number of carbonyl (C=O) groups excluding carboxylic acids is 2. The first-order chi connectivity index (χ1) is 12.0. The highest BCUT2D eigenvalue weighted by Crippen LogP contribution is 2.28. The summed E-state index contributed by atoms with van der Waals surface area (Å²) in [5, 5.41) is 9.61. The second-order valence-corrected chi connectivity index (χ2v) is 8.72. The summed E-state index contributed by atoms with van der Waals surface area (Å²) in [5.41, 5.74) is 1.59. The summed E-state index contributed by atoms with van der Waals surface area (Å²) in [5.74, 6) is -0.0293. The topological polar surface area (TPSA) is 73.5 Å². The van der Waals surface area contributed by atoms with Crippen LogP contribution >= 0.6 is 0 Å². The van der Waals surface area contributed by atoms with Gasteiger partial charge in [-0.1, -0.05) is 12.1 Å². The average molecular weight is 361 g/mol. The third kappa shape index (κ3) is 5.73. The van der Waals surface area contributed by atoms with Crippen LogP contribution in [0, 0.1) is 0 Å². The number of hydrogen-bond acceptors (Lipinski definition) is 3. The van der Waals surface area contributed by atoms with Crippen molar-refractivity contribution in [1.29, 1.82) is 0 Å². The molecule has 6 heteroatoms. The molecular weight excluding hydrogens is 328 g/mol. The minimum atomic E-state index is -0.156. The summed E-state index contributed by atoms with van der Waals surface area (Å²) in [6.45, 7) is 9.09. The molecule has 3 amide bonds. The number of rotatable bonds is 4. The molecule has 0 spiro atoms. The smallest absolute Gasteiger partial charge is 0.315 e. The number of hydrogen-bond donors (Lipinski definition) is 3. The zero-order valence-electron chi connectivity index (χ0n) is 16.8. The molecule has 1 fully saturated rings. The fourth-order valence-corrected chi connectivity index (χ4v) is 3.87. The van der Waals surface area contributed by atoms with Gasteiger partial charge in [0.2, 0.25) is 0 Å². The van der Waals surface area contributed by atoms with Crippen molar-refractivity contribution >= 4 is 11.9 Å². The van der Waals surface area contributed by atoms with E-state index in [-0.39, 0.29) is 29.1 Å². The van der Waals surface area contributed by atoms with E-state index >= 15 is 0 Å². The standard InChI is InChI=1S/C20H32N4O2/c1-19(2)11-16(12-20(3,4)23-19)22-18(26)21-13-14-7-9-15(10-8-14)17(25)24(5)6/h7-10,16,23H,11-13H2,1-6H3,(H2,21,22,26). The van der Waals surface area contributed by atoms with E-state index in [0.717, 1.165) is 18.4 Å². The molecule has 0 aliphatic carbocycles. The van der Waals surface area contributed by atoms with Crippen LogP contribution < -0.4 is 16.0 Å². The summed E-state index contributed by atoms with van der Waals surface area (Å²) >= 11 is 0. The van der Waals surface area contributed by atoms with Gasteiger partial charge in [0.25, 0.3) is 5.91 Å². The zero-order valence-corrected chi connectivity index (χ0v) is 16.8. The lowest BCUT2D eigenvalue weighted by atomic mass is 9.80. The highest BCUT2D eigenvalue weighted by molar-refractivity contribution is 5.93. The van der Waals surface area contributed by atoms with Crippen molar-refractivity contribution in [3.8, 4) is 0 Å². The van der Waals surface area contributed by atoms with Gasteiger partial charge in [0.05, 0.1) is 0 Å². The number of piperidine rings is 1. The van der Waals surface area contributed by atoms with Gasteiger partial charge >= 0.3 is 6.03 Å². The van der Waals surface area contributed by atoms with E-state index in [1.165, 1.54) is 0 Å². The SMILES string of the molecule is CN(C)C(=O)c1ccc(CNC(=O)NC2CC(C)(C)NC(C)(C)C2)cc1. The molecule has 0 bridgehead atoms. The molecule has 1 aromatic rings. The minimum absolute atomic E-state index is 0.00545. The number of benzene rings is 1. The molecule has 0 unspecified atom stereocenters. The van der Waals surface area contributed by atoms with Crippen LogP contribution in [0.25, 0.3) is 0 Å². The lowest BCUT2D eigenvalue weighted by molar-refractivity contribution is 0.0827. The monoisotopic (exact) mass is 360 g/mol. The average Bonchev–Trinajstić information content (AvgIpc) is 2.49. The van der Waals surface area contributed by atoms with Crippen LogP contribution in [0.5, 0.6) is 0 Å². The fourth-order valence-electron chi connectivity index (χ4n) is 3.87. The van der Waals surface area contributed by atoms with Gasteiger partial charge in [-0.25, -0.2) is 4.79 Å². The van der Waals surface area contributed by atoms with E-state index in [9.17, 15) is 9.59 Å². The van der Waals surface area contributed by atoms with Gasteiger partial charge in [0.15, 0.2) is 0 Å².